The highest BCUT2D eigenvalue weighted by atomic mass is 32.2. The summed E-state index contributed by atoms with van der Waals surface area (Å²) in [6, 6.07) is 27.7. The lowest BCUT2D eigenvalue weighted by molar-refractivity contribution is 0.602. The van der Waals surface area contributed by atoms with Crippen molar-refractivity contribution in [3.05, 3.63) is 102 Å². The van der Waals surface area contributed by atoms with E-state index < -0.39 is 9.84 Å². The summed E-state index contributed by atoms with van der Waals surface area (Å²) in [6.07, 6.45) is 1.21. The Kier molecular flexibility index (Phi) is 7.25. The van der Waals surface area contributed by atoms with Crippen molar-refractivity contribution in [2.75, 3.05) is 19.8 Å². The van der Waals surface area contributed by atoms with Crippen LogP contribution in [-0.4, -0.2) is 34.2 Å². The summed E-state index contributed by atoms with van der Waals surface area (Å²) in [4.78, 5) is 4.64. The molecular weight excluding hydrogens is 394 g/mol. The SMILES string of the molecule is CN=C(NCc1ccc(S(C)(=O)=O)cc1)NCC(c1ccccc1)c1ccccc1. The van der Waals surface area contributed by atoms with Gasteiger partial charge in [-0.05, 0) is 28.8 Å². The minimum atomic E-state index is -3.18. The first kappa shape index (κ1) is 21.6. The summed E-state index contributed by atoms with van der Waals surface area (Å²) in [5.41, 5.74) is 3.46. The fourth-order valence-electron chi connectivity index (χ4n) is 3.26. The van der Waals surface area contributed by atoms with Crippen molar-refractivity contribution in [1.82, 2.24) is 10.6 Å². The van der Waals surface area contributed by atoms with Crippen LogP contribution in [-0.2, 0) is 16.4 Å². The van der Waals surface area contributed by atoms with Gasteiger partial charge in [0.25, 0.3) is 0 Å². The molecule has 156 valence electrons. The minimum Gasteiger partial charge on any atom is -0.355 e. The Labute approximate surface area is 178 Å². The molecule has 3 aromatic carbocycles. The number of guanidine groups is 1. The molecule has 30 heavy (non-hydrogen) atoms. The van der Waals surface area contributed by atoms with Gasteiger partial charge in [0.15, 0.2) is 15.8 Å². The molecule has 6 heteroatoms. The minimum absolute atomic E-state index is 0.194. The van der Waals surface area contributed by atoms with E-state index in [9.17, 15) is 8.42 Å². The zero-order valence-corrected chi connectivity index (χ0v) is 18.1. The number of sulfone groups is 1. The number of nitrogens with one attached hydrogen (secondary N) is 2. The fourth-order valence-corrected chi connectivity index (χ4v) is 3.89. The second kappa shape index (κ2) is 10.1. The van der Waals surface area contributed by atoms with E-state index in [4.69, 9.17) is 0 Å². The fraction of sp³-hybridized carbons (Fsp3) is 0.208. The van der Waals surface area contributed by atoms with Gasteiger partial charge < -0.3 is 10.6 Å². The lowest BCUT2D eigenvalue weighted by atomic mass is 9.91. The molecule has 5 nitrogen and oxygen atoms in total. The quantitative estimate of drug-likeness (QED) is 0.452. The monoisotopic (exact) mass is 421 g/mol. The van der Waals surface area contributed by atoms with Crippen LogP contribution < -0.4 is 10.6 Å². The van der Waals surface area contributed by atoms with Gasteiger partial charge in [-0.3, -0.25) is 4.99 Å². The first-order chi connectivity index (χ1) is 14.5. The normalized spacial score (nSPS) is 12.0. The van der Waals surface area contributed by atoms with Crippen LogP contribution >= 0.6 is 0 Å². The molecule has 0 heterocycles. The second-order valence-corrected chi connectivity index (χ2v) is 9.11. The van der Waals surface area contributed by atoms with Crippen LogP contribution in [0.15, 0.2) is 94.8 Å². The molecule has 0 spiro atoms. The van der Waals surface area contributed by atoms with E-state index in [0.29, 0.717) is 23.9 Å². The van der Waals surface area contributed by atoms with Gasteiger partial charge in [0.2, 0.25) is 0 Å². The molecular formula is C24H27N3O2S. The molecule has 0 saturated carbocycles. The number of benzene rings is 3. The van der Waals surface area contributed by atoms with Crippen LogP contribution in [0.2, 0.25) is 0 Å². The van der Waals surface area contributed by atoms with Gasteiger partial charge in [-0.15, -0.1) is 0 Å². The van der Waals surface area contributed by atoms with Gasteiger partial charge in [-0.1, -0.05) is 72.8 Å². The van der Waals surface area contributed by atoms with Crippen molar-refractivity contribution >= 4 is 15.8 Å². The van der Waals surface area contributed by atoms with E-state index in [2.05, 4.69) is 64.2 Å². The number of nitrogens with zero attached hydrogens (tertiary/aromatic N) is 1. The average Bonchev–Trinajstić information content (AvgIpc) is 2.77. The van der Waals surface area contributed by atoms with Crippen molar-refractivity contribution in [1.29, 1.82) is 0 Å². The molecule has 0 unspecified atom stereocenters. The Morgan fingerprint density at radius 1 is 0.833 bits per heavy atom. The third-order valence-corrected chi connectivity index (χ3v) is 6.04. The summed E-state index contributed by atoms with van der Waals surface area (Å²) in [5, 5.41) is 6.71. The van der Waals surface area contributed by atoms with E-state index in [1.54, 1.807) is 19.2 Å². The van der Waals surface area contributed by atoms with Gasteiger partial charge in [0.05, 0.1) is 4.90 Å². The number of rotatable bonds is 7. The molecule has 0 aliphatic carbocycles. The summed E-state index contributed by atoms with van der Waals surface area (Å²) in [7, 11) is -1.44. The summed E-state index contributed by atoms with van der Waals surface area (Å²) >= 11 is 0. The van der Waals surface area contributed by atoms with Gasteiger partial charge in [-0.25, -0.2) is 8.42 Å². The molecule has 0 bridgehead atoms. The lowest BCUT2D eigenvalue weighted by Gasteiger charge is -2.20. The molecule has 0 fully saturated rings. The largest absolute Gasteiger partial charge is 0.355 e. The van der Waals surface area contributed by atoms with Crippen LogP contribution in [0.5, 0.6) is 0 Å². The van der Waals surface area contributed by atoms with Crippen LogP contribution in [0, 0.1) is 0 Å². The number of aliphatic imine (C=N–C) groups is 1. The van der Waals surface area contributed by atoms with E-state index in [-0.39, 0.29) is 5.92 Å². The van der Waals surface area contributed by atoms with Crippen molar-refractivity contribution in [3.8, 4) is 0 Å². The van der Waals surface area contributed by atoms with Crippen LogP contribution in [0.4, 0.5) is 0 Å². The molecule has 0 aliphatic rings. The maximum Gasteiger partial charge on any atom is 0.191 e. The molecule has 3 rings (SSSR count). The summed E-state index contributed by atoms with van der Waals surface area (Å²) in [6.45, 7) is 1.24. The Balaban J connectivity index is 1.64. The van der Waals surface area contributed by atoms with Gasteiger partial charge >= 0.3 is 0 Å². The third-order valence-electron chi connectivity index (χ3n) is 4.91. The molecule has 3 aromatic rings. The van der Waals surface area contributed by atoms with Crippen LogP contribution in [0.1, 0.15) is 22.6 Å². The standard InChI is InChI=1S/C24H27N3O2S/c1-25-24(26-17-19-13-15-22(16-14-19)30(2,28)29)27-18-23(20-9-5-3-6-10-20)21-11-7-4-8-12-21/h3-16,23H,17-18H2,1-2H3,(H2,25,26,27). The second-order valence-electron chi connectivity index (χ2n) is 7.10. The zero-order valence-electron chi connectivity index (χ0n) is 17.2. The first-order valence-corrected chi connectivity index (χ1v) is 11.7. The Morgan fingerprint density at radius 2 is 1.37 bits per heavy atom. The third kappa shape index (κ3) is 5.94. The predicted molar refractivity (Wildman–Crippen MR) is 122 cm³/mol. The molecule has 0 amide bonds. The van der Waals surface area contributed by atoms with Crippen molar-refractivity contribution in [3.63, 3.8) is 0 Å². The van der Waals surface area contributed by atoms with E-state index in [0.717, 1.165) is 5.56 Å². The molecule has 0 saturated heterocycles. The Bertz CT molecular complexity index is 1020. The molecule has 0 atom stereocenters. The topological polar surface area (TPSA) is 70.6 Å². The summed E-state index contributed by atoms with van der Waals surface area (Å²) < 4.78 is 23.2. The van der Waals surface area contributed by atoms with E-state index >= 15 is 0 Å². The van der Waals surface area contributed by atoms with E-state index in [1.165, 1.54) is 17.4 Å². The Hall–Kier alpha value is -3.12. The van der Waals surface area contributed by atoms with Gasteiger partial charge in [0.1, 0.15) is 0 Å². The predicted octanol–water partition coefficient (Wildman–Crippen LogP) is 3.59. The van der Waals surface area contributed by atoms with Crippen LogP contribution in [0.25, 0.3) is 0 Å². The maximum absolute atomic E-state index is 11.6. The van der Waals surface area contributed by atoms with Crippen LogP contribution in [0.3, 0.4) is 0 Å². The van der Waals surface area contributed by atoms with Crippen molar-refractivity contribution < 1.29 is 8.42 Å². The van der Waals surface area contributed by atoms with Gasteiger partial charge in [0, 0.05) is 32.3 Å². The summed E-state index contributed by atoms with van der Waals surface area (Å²) in [5.74, 6) is 0.888. The number of hydrogen-bond donors (Lipinski definition) is 2. The Morgan fingerprint density at radius 3 is 1.83 bits per heavy atom. The highest BCUT2D eigenvalue weighted by Crippen LogP contribution is 2.23. The average molecular weight is 422 g/mol. The molecule has 0 radical (unpaired) electrons. The zero-order chi connectivity index (χ0) is 21.4. The first-order valence-electron chi connectivity index (χ1n) is 9.81. The smallest absolute Gasteiger partial charge is 0.191 e. The lowest BCUT2D eigenvalue weighted by Crippen LogP contribution is -2.39. The van der Waals surface area contributed by atoms with Crippen molar-refractivity contribution in [2.45, 2.75) is 17.4 Å². The van der Waals surface area contributed by atoms with E-state index in [1.807, 2.05) is 24.3 Å². The molecule has 0 aromatic heterocycles. The number of hydrogen-bond acceptors (Lipinski definition) is 3. The molecule has 2 N–H and O–H groups in total. The highest BCUT2D eigenvalue weighted by molar-refractivity contribution is 7.90. The van der Waals surface area contributed by atoms with Crippen molar-refractivity contribution in [2.24, 2.45) is 4.99 Å². The van der Waals surface area contributed by atoms with Gasteiger partial charge in [-0.2, -0.15) is 0 Å². The molecule has 0 aliphatic heterocycles. The maximum atomic E-state index is 11.6. The highest BCUT2D eigenvalue weighted by Gasteiger charge is 2.14.